The third kappa shape index (κ3) is 3.79. The van der Waals surface area contributed by atoms with Crippen molar-refractivity contribution in [2.75, 3.05) is 0 Å². The van der Waals surface area contributed by atoms with Gasteiger partial charge in [-0.25, -0.2) is 4.79 Å². The molecular formula is C43H26N2O2. The van der Waals surface area contributed by atoms with E-state index >= 15 is 0 Å². The third-order valence-corrected chi connectivity index (χ3v) is 9.54. The Hall–Kier alpha value is -6.39. The first-order chi connectivity index (χ1) is 23.2. The molecule has 0 aliphatic heterocycles. The number of nitrogens with zero attached hydrogens (tertiary/aromatic N) is 2. The van der Waals surface area contributed by atoms with Crippen molar-refractivity contribution in [3.05, 3.63) is 168 Å². The van der Waals surface area contributed by atoms with Gasteiger partial charge >= 0.3 is 5.63 Å². The molecule has 0 unspecified atom stereocenters. The summed E-state index contributed by atoms with van der Waals surface area (Å²) in [5, 5.41) is 7.11. The summed E-state index contributed by atoms with van der Waals surface area (Å²) in [6.45, 7) is 0. The highest BCUT2D eigenvalue weighted by atomic mass is 16.4. The van der Waals surface area contributed by atoms with Crippen LogP contribution in [-0.4, -0.2) is 9.13 Å². The maximum atomic E-state index is 13.3. The van der Waals surface area contributed by atoms with Gasteiger partial charge in [-0.1, -0.05) is 97.1 Å². The SMILES string of the molecule is O=c1oc2ccccc2c2cc3c4ccc(-c5ccc6c7ccccc7n(-c7ccccc7)c6c5)cc4n(-c4ccccc4)c3cc12. The fourth-order valence-electron chi connectivity index (χ4n) is 7.43. The number of rotatable bonds is 3. The molecule has 0 aliphatic rings. The topological polar surface area (TPSA) is 40.1 Å². The average Bonchev–Trinajstić information content (AvgIpc) is 3.63. The van der Waals surface area contributed by atoms with E-state index in [0.29, 0.717) is 11.0 Å². The summed E-state index contributed by atoms with van der Waals surface area (Å²) in [6.07, 6.45) is 0. The lowest BCUT2D eigenvalue weighted by Crippen LogP contribution is -2.00. The number of aromatic nitrogens is 2. The van der Waals surface area contributed by atoms with Crippen molar-refractivity contribution in [1.29, 1.82) is 0 Å². The molecule has 0 fully saturated rings. The molecule has 47 heavy (non-hydrogen) atoms. The lowest BCUT2D eigenvalue weighted by molar-refractivity contribution is 0.570. The summed E-state index contributed by atoms with van der Waals surface area (Å²) in [6, 6.07) is 55.0. The molecule has 10 aromatic rings. The van der Waals surface area contributed by atoms with Crippen LogP contribution in [0.2, 0.25) is 0 Å². The largest absolute Gasteiger partial charge is 0.422 e. The van der Waals surface area contributed by atoms with Crippen LogP contribution in [0.5, 0.6) is 0 Å². The van der Waals surface area contributed by atoms with E-state index in [2.05, 4.69) is 130 Å². The fourth-order valence-corrected chi connectivity index (χ4v) is 7.43. The van der Waals surface area contributed by atoms with Crippen LogP contribution in [0, 0.1) is 0 Å². The van der Waals surface area contributed by atoms with E-state index < -0.39 is 0 Å². The van der Waals surface area contributed by atoms with Gasteiger partial charge in [0.05, 0.1) is 27.5 Å². The van der Waals surface area contributed by atoms with Gasteiger partial charge in [0.2, 0.25) is 0 Å². The molecule has 0 aliphatic carbocycles. The third-order valence-electron chi connectivity index (χ3n) is 9.54. The Labute approximate surface area is 268 Å². The number of benzene rings is 7. The van der Waals surface area contributed by atoms with Gasteiger partial charge in [0.15, 0.2) is 0 Å². The van der Waals surface area contributed by atoms with Crippen molar-refractivity contribution in [2.45, 2.75) is 0 Å². The molecule has 10 rings (SSSR count). The van der Waals surface area contributed by atoms with E-state index in [0.717, 1.165) is 55.1 Å². The molecule has 0 saturated carbocycles. The number of para-hydroxylation sites is 4. The first kappa shape index (κ1) is 25.9. The van der Waals surface area contributed by atoms with Crippen LogP contribution in [0.4, 0.5) is 0 Å². The highest BCUT2D eigenvalue weighted by Gasteiger charge is 2.18. The van der Waals surface area contributed by atoms with Crippen LogP contribution in [-0.2, 0) is 0 Å². The Balaban J connectivity index is 1.27. The molecule has 0 saturated heterocycles. The normalized spacial score (nSPS) is 11.9. The van der Waals surface area contributed by atoms with E-state index in [1.165, 1.54) is 21.8 Å². The monoisotopic (exact) mass is 602 g/mol. The Kier molecular flexibility index (Phi) is 5.40. The van der Waals surface area contributed by atoms with Gasteiger partial charge in [0.25, 0.3) is 0 Å². The molecule has 0 N–H and O–H groups in total. The smallest absolute Gasteiger partial charge is 0.344 e. The molecule has 0 bridgehead atoms. The summed E-state index contributed by atoms with van der Waals surface area (Å²) >= 11 is 0. The van der Waals surface area contributed by atoms with E-state index in [4.69, 9.17) is 4.42 Å². The molecule has 0 amide bonds. The summed E-state index contributed by atoms with van der Waals surface area (Å²) in [4.78, 5) is 13.3. The Bertz CT molecular complexity index is 2910. The van der Waals surface area contributed by atoms with E-state index in [-0.39, 0.29) is 5.63 Å². The summed E-state index contributed by atoms with van der Waals surface area (Å²) in [5.41, 5.74) is 9.12. The highest BCUT2D eigenvalue weighted by Crippen LogP contribution is 2.39. The molecule has 0 atom stereocenters. The Morgan fingerprint density at radius 3 is 1.55 bits per heavy atom. The van der Waals surface area contributed by atoms with Gasteiger partial charge in [-0.2, -0.15) is 0 Å². The van der Waals surface area contributed by atoms with Crippen molar-refractivity contribution >= 4 is 65.4 Å². The first-order valence-electron chi connectivity index (χ1n) is 15.8. The zero-order chi connectivity index (χ0) is 31.1. The predicted molar refractivity (Wildman–Crippen MR) is 194 cm³/mol. The van der Waals surface area contributed by atoms with Crippen LogP contribution in [0.3, 0.4) is 0 Å². The minimum absolute atomic E-state index is 0.326. The summed E-state index contributed by atoms with van der Waals surface area (Å²) < 4.78 is 10.4. The molecule has 220 valence electrons. The summed E-state index contributed by atoms with van der Waals surface area (Å²) in [5.74, 6) is 0. The lowest BCUT2D eigenvalue weighted by atomic mass is 10.0. The van der Waals surface area contributed by atoms with Crippen molar-refractivity contribution < 1.29 is 4.42 Å². The van der Waals surface area contributed by atoms with Crippen molar-refractivity contribution in [3.8, 4) is 22.5 Å². The molecule has 3 aromatic heterocycles. The van der Waals surface area contributed by atoms with Gasteiger partial charge < -0.3 is 13.6 Å². The van der Waals surface area contributed by atoms with Crippen LogP contribution in [0.25, 0.3) is 87.9 Å². The second-order valence-corrected chi connectivity index (χ2v) is 12.1. The van der Waals surface area contributed by atoms with Crippen LogP contribution >= 0.6 is 0 Å². The van der Waals surface area contributed by atoms with Crippen LogP contribution in [0.15, 0.2) is 167 Å². The molecule has 7 aromatic carbocycles. The second kappa shape index (κ2) is 9.80. The minimum Gasteiger partial charge on any atom is -0.422 e. The van der Waals surface area contributed by atoms with Gasteiger partial charge in [-0.15, -0.1) is 0 Å². The summed E-state index contributed by atoms with van der Waals surface area (Å²) in [7, 11) is 0. The highest BCUT2D eigenvalue weighted by molar-refractivity contribution is 6.18. The number of hydrogen-bond acceptors (Lipinski definition) is 2. The average molecular weight is 603 g/mol. The number of fused-ring (bicyclic) bond motifs is 9. The van der Waals surface area contributed by atoms with E-state index in [1.807, 2.05) is 36.4 Å². The van der Waals surface area contributed by atoms with Crippen LogP contribution < -0.4 is 5.63 Å². The van der Waals surface area contributed by atoms with Crippen LogP contribution in [0.1, 0.15) is 0 Å². The Morgan fingerprint density at radius 1 is 0.362 bits per heavy atom. The van der Waals surface area contributed by atoms with Crippen molar-refractivity contribution in [3.63, 3.8) is 0 Å². The van der Waals surface area contributed by atoms with Gasteiger partial charge in [-0.3, -0.25) is 0 Å². The van der Waals surface area contributed by atoms with E-state index in [1.54, 1.807) is 0 Å². The van der Waals surface area contributed by atoms with Gasteiger partial charge in [0.1, 0.15) is 5.58 Å². The molecule has 4 nitrogen and oxygen atoms in total. The zero-order valence-corrected chi connectivity index (χ0v) is 25.2. The fraction of sp³-hybridized carbons (Fsp3) is 0. The van der Waals surface area contributed by atoms with Crippen molar-refractivity contribution in [1.82, 2.24) is 9.13 Å². The first-order valence-corrected chi connectivity index (χ1v) is 15.8. The maximum absolute atomic E-state index is 13.3. The Morgan fingerprint density at radius 2 is 0.872 bits per heavy atom. The maximum Gasteiger partial charge on any atom is 0.344 e. The molecular weight excluding hydrogens is 576 g/mol. The predicted octanol–water partition coefficient (Wildman–Crippen LogP) is 10.8. The number of hydrogen-bond donors (Lipinski definition) is 0. The standard InChI is InChI=1S/C43H26N2O2/c46-43-37-26-41-36(25-35(37)34-16-8-10-18-42(34)47-43)33-22-20-28(24-40(33)45(41)30-13-5-2-6-14-30)27-19-21-32-31-15-7-9-17-38(31)44(39(32)23-27)29-11-3-1-4-12-29/h1-26H. The van der Waals surface area contributed by atoms with Gasteiger partial charge in [0, 0.05) is 43.7 Å². The second-order valence-electron chi connectivity index (χ2n) is 12.1. The van der Waals surface area contributed by atoms with E-state index in [9.17, 15) is 4.79 Å². The van der Waals surface area contributed by atoms with Crippen molar-refractivity contribution in [2.24, 2.45) is 0 Å². The molecule has 0 spiro atoms. The minimum atomic E-state index is -0.326. The molecule has 3 heterocycles. The quantitative estimate of drug-likeness (QED) is 0.149. The zero-order valence-electron chi connectivity index (χ0n) is 25.2. The molecule has 4 heteroatoms. The van der Waals surface area contributed by atoms with Gasteiger partial charge in [-0.05, 0) is 71.8 Å². The molecule has 0 radical (unpaired) electrons. The lowest BCUT2D eigenvalue weighted by Gasteiger charge is -2.10.